The van der Waals surface area contributed by atoms with Crippen LogP contribution >= 0.6 is 0 Å². The van der Waals surface area contributed by atoms with E-state index in [0.29, 0.717) is 0 Å². The van der Waals surface area contributed by atoms with E-state index in [4.69, 9.17) is 20.2 Å². The molecule has 12 heteroatoms. The average molecular weight is 919 g/mol. The Hall–Kier alpha value is -7.86. The Kier molecular flexibility index (Phi) is 16.2. The Morgan fingerprint density at radius 1 is 0.551 bits per heavy atom. The lowest BCUT2D eigenvalue weighted by Gasteiger charge is -2.26. The Bertz CT molecular complexity index is 3200. The van der Waals surface area contributed by atoms with Crippen LogP contribution in [0.4, 0.5) is 11.4 Å². The Morgan fingerprint density at radius 2 is 1.04 bits per heavy atom. The molecule has 0 aliphatic carbocycles. The monoisotopic (exact) mass is 919 g/mol. The van der Waals surface area contributed by atoms with Gasteiger partial charge in [-0.3, -0.25) is 9.36 Å². The fourth-order valence-corrected chi connectivity index (χ4v) is 8.63. The molecule has 69 heavy (non-hydrogen) atoms. The van der Waals surface area contributed by atoms with Gasteiger partial charge in [-0.1, -0.05) is 107 Å². The summed E-state index contributed by atoms with van der Waals surface area (Å²) >= 11 is 0. The highest BCUT2D eigenvalue weighted by Gasteiger charge is 2.22. The highest BCUT2D eigenvalue weighted by molar-refractivity contribution is 5.99. The molecular weight excluding hydrogens is 853 g/mol. The van der Waals surface area contributed by atoms with Gasteiger partial charge in [0.05, 0.1) is 22.7 Å². The fraction of sp³-hybridized carbons (Fsp3) is 0.263. The van der Waals surface area contributed by atoms with Gasteiger partial charge < -0.3 is 10.2 Å². The number of anilines is 2. The van der Waals surface area contributed by atoms with E-state index < -0.39 is 0 Å². The van der Waals surface area contributed by atoms with Crippen LogP contribution in [0.15, 0.2) is 146 Å². The van der Waals surface area contributed by atoms with Crippen molar-refractivity contribution in [1.82, 2.24) is 49.1 Å². The van der Waals surface area contributed by atoms with Crippen molar-refractivity contribution in [2.75, 3.05) is 16.8 Å². The third-order valence-electron chi connectivity index (χ3n) is 11.7. The predicted octanol–water partition coefficient (Wildman–Crippen LogP) is 13.0. The summed E-state index contributed by atoms with van der Waals surface area (Å²) in [4.78, 5) is 12.3. The molecule has 0 saturated heterocycles. The number of pyridine rings is 2. The molecule has 4 aromatic carbocycles. The second-order valence-electron chi connectivity index (χ2n) is 16.6. The third kappa shape index (κ3) is 11.0. The summed E-state index contributed by atoms with van der Waals surface area (Å²) in [6, 6.07) is 41.9. The number of aromatic nitrogens is 10. The van der Waals surface area contributed by atoms with Crippen LogP contribution in [0.3, 0.4) is 0 Å². The molecule has 10 aromatic rings. The van der Waals surface area contributed by atoms with Gasteiger partial charge in [-0.2, -0.15) is 20.4 Å². The molecule has 0 bridgehead atoms. The third-order valence-corrected chi connectivity index (χ3v) is 11.7. The van der Waals surface area contributed by atoms with Crippen molar-refractivity contribution in [3.8, 4) is 33.9 Å². The van der Waals surface area contributed by atoms with Crippen LogP contribution in [0.5, 0.6) is 0 Å². The van der Waals surface area contributed by atoms with Crippen molar-refractivity contribution in [3.63, 3.8) is 0 Å². The summed E-state index contributed by atoms with van der Waals surface area (Å²) in [5, 5.41) is 22.1. The van der Waals surface area contributed by atoms with Gasteiger partial charge >= 0.3 is 0 Å². The largest absolute Gasteiger partial charge is 0.379 e. The lowest BCUT2D eigenvalue weighted by molar-refractivity contribution is 0.756. The van der Waals surface area contributed by atoms with Crippen LogP contribution in [-0.2, 0) is 27.2 Å². The van der Waals surface area contributed by atoms with Crippen LogP contribution in [0.2, 0.25) is 0 Å². The molecule has 12 nitrogen and oxygen atoms in total. The molecule has 1 N–H and O–H groups in total. The van der Waals surface area contributed by atoms with E-state index in [2.05, 4.69) is 151 Å². The maximum atomic E-state index is 4.97. The number of nitrogens with one attached hydrogen (secondary N) is 1. The summed E-state index contributed by atoms with van der Waals surface area (Å²) in [6.45, 7) is 21.1. The number of rotatable bonds is 12. The molecule has 354 valence electrons. The van der Waals surface area contributed by atoms with Gasteiger partial charge in [0.1, 0.15) is 33.5 Å². The molecule has 0 saturated carbocycles. The highest BCUT2D eigenvalue weighted by Crippen LogP contribution is 2.37. The molecule has 0 aliphatic rings. The fourth-order valence-electron chi connectivity index (χ4n) is 8.63. The summed E-state index contributed by atoms with van der Waals surface area (Å²) in [7, 11) is 4.00. The first kappa shape index (κ1) is 49.1. The van der Waals surface area contributed by atoms with E-state index in [-0.39, 0.29) is 0 Å². The predicted molar refractivity (Wildman–Crippen MR) is 285 cm³/mol. The molecule has 0 unspecified atom stereocenters. The minimum Gasteiger partial charge on any atom is -0.379 e. The zero-order valence-electron chi connectivity index (χ0n) is 42.1. The van der Waals surface area contributed by atoms with Crippen LogP contribution in [0.25, 0.3) is 56.0 Å². The van der Waals surface area contributed by atoms with Crippen molar-refractivity contribution >= 4 is 33.4 Å². The van der Waals surface area contributed by atoms with E-state index >= 15 is 0 Å². The summed E-state index contributed by atoms with van der Waals surface area (Å²) in [5.41, 5.74) is 19.0. The number of fused-ring (bicyclic) bond motifs is 2. The standard InChI is InChI=1S/C28H30N6.C25H24N6.2C2H6/c1-5-15-33(19-22-10-7-6-8-11-22)25-18-21(3)30-27-26(31-32(4)28(25)27)24-13-12-23(17-20(24)2)34-16-9-14-29-34;1-17-14-20(31-13-7-12-27-31)10-11-21(17)23-24-25(30(3)29-23)22(15-18(2)28-24)26-16-19-8-5-4-6-9-19;2*1-2/h6-14,16-18H,5,15,19H2,1-4H3;4-15H,16H2,1-3H3,(H,26,28);2*1-2H3. The normalized spacial score (nSPS) is 10.8. The van der Waals surface area contributed by atoms with Crippen molar-refractivity contribution in [2.24, 2.45) is 14.1 Å². The zero-order valence-corrected chi connectivity index (χ0v) is 42.1. The van der Waals surface area contributed by atoms with E-state index in [9.17, 15) is 0 Å². The van der Waals surface area contributed by atoms with Gasteiger partial charge in [0.25, 0.3) is 0 Å². The van der Waals surface area contributed by atoms with Crippen molar-refractivity contribution < 1.29 is 0 Å². The lowest BCUT2D eigenvalue weighted by atomic mass is 10.0. The molecule has 10 rings (SSSR count). The Balaban J connectivity index is 0.000000191. The molecular formula is C57H66N12. The van der Waals surface area contributed by atoms with Gasteiger partial charge in [-0.15, -0.1) is 0 Å². The summed E-state index contributed by atoms with van der Waals surface area (Å²) in [6.07, 6.45) is 8.54. The number of hydrogen-bond donors (Lipinski definition) is 1. The first-order chi connectivity index (χ1) is 33.6. The lowest BCUT2D eigenvalue weighted by Crippen LogP contribution is -2.24. The maximum Gasteiger partial charge on any atom is 0.119 e. The molecule has 6 aromatic heterocycles. The second-order valence-corrected chi connectivity index (χ2v) is 16.6. The van der Waals surface area contributed by atoms with Crippen LogP contribution in [0.1, 0.15) is 74.7 Å². The number of benzene rings is 4. The van der Waals surface area contributed by atoms with Gasteiger partial charge in [-0.05, 0) is 105 Å². The molecule has 0 fully saturated rings. The van der Waals surface area contributed by atoms with Crippen LogP contribution < -0.4 is 10.2 Å². The van der Waals surface area contributed by atoms with Gasteiger partial charge in [0, 0.05) is 81.0 Å². The quantitative estimate of drug-likeness (QED) is 0.129. The van der Waals surface area contributed by atoms with E-state index in [1.54, 1.807) is 12.4 Å². The Morgan fingerprint density at radius 3 is 1.54 bits per heavy atom. The topological polar surface area (TPSA) is 112 Å². The number of aryl methyl sites for hydroxylation is 6. The van der Waals surface area contributed by atoms with Crippen molar-refractivity contribution in [2.45, 2.75) is 81.8 Å². The summed E-state index contributed by atoms with van der Waals surface area (Å²) < 4.78 is 7.65. The molecule has 0 radical (unpaired) electrons. The van der Waals surface area contributed by atoms with Gasteiger partial charge in [0.15, 0.2) is 0 Å². The van der Waals surface area contributed by atoms with Crippen LogP contribution in [0, 0.1) is 27.7 Å². The Labute approximate surface area is 407 Å². The molecule has 0 amide bonds. The SMILES string of the molecule is CC.CC.CCCN(Cc1ccccc1)c1cc(C)nc2c(-c3ccc(-n4cccn4)cc3C)nn(C)c12.Cc1cc(NCc2ccccc2)c2c(n1)c(-c1ccc(-n3cccn3)cc1C)nn2C. The highest BCUT2D eigenvalue weighted by atomic mass is 15.3. The van der Waals surface area contributed by atoms with E-state index in [1.165, 1.54) is 16.8 Å². The first-order valence-electron chi connectivity index (χ1n) is 24.1. The maximum absolute atomic E-state index is 4.97. The number of nitrogens with zero attached hydrogens (tertiary/aromatic N) is 11. The summed E-state index contributed by atoms with van der Waals surface area (Å²) in [5.74, 6) is 0. The van der Waals surface area contributed by atoms with Gasteiger partial charge in [0.2, 0.25) is 0 Å². The average Bonchev–Trinajstić information content (AvgIpc) is 4.22. The van der Waals surface area contributed by atoms with Gasteiger partial charge in [-0.25, -0.2) is 19.3 Å². The van der Waals surface area contributed by atoms with Crippen LogP contribution in [-0.4, -0.2) is 55.6 Å². The molecule has 6 heterocycles. The minimum atomic E-state index is 0.748. The second kappa shape index (κ2) is 22.8. The first-order valence-corrected chi connectivity index (χ1v) is 24.1. The number of hydrogen-bond acceptors (Lipinski definition) is 8. The van der Waals surface area contributed by atoms with Crippen molar-refractivity contribution in [1.29, 1.82) is 0 Å². The zero-order chi connectivity index (χ0) is 49.0. The van der Waals surface area contributed by atoms with Crippen molar-refractivity contribution in [3.05, 3.63) is 180 Å². The van der Waals surface area contributed by atoms with E-state index in [1.807, 2.05) is 98.0 Å². The minimum absolute atomic E-state index is 0.748. The smallest absolute Gasteiger partial charge is 0.119 e. The molecule has 0 aliphatic heterocycles. The molecule has 0 atom stereocenters. The van der Waals surface area contributed by atoms with E-state index in [0.717, 1.165) is 110 Å². The molecule has 0 spiro atoms.